The highest BCUT2D eigenvalue weighted by Crippen LogP contribution is 2.24. The van der Waals surface area contributed by atoms with E-state index in [4.69, 9.17) is 4.74 Å². The molecule has 0 aliphatic carbocycles. The summed E-state index contributed by atoms with van der Waals surface area (Å²) in [5.41, 5.74) is 4.47. The summed E-state index contributed by atoms with van der Waals surface area (Å²) in [5, 5.41) is 8.27. The summed E-state index contributed by atoms with van der Waals surface area (Å²) in [4.78, 5) is 29.6. The van der Waals surface area contributed by atoms with Crippen LogP contribution in [0.3, 0.4) is 0 Å². The number of amides is 1. The average molecular weight is 428 g/mol. The Morgan fingerprint density at radius 1 is 1.03 bits per heavy atom. The SMILES string of the molecule is COc1ccc(C)cc1C(=O)CCC(=O)Nc1cnc2c(c1)c(C)nn2-c1ccccc1. The van der Waals surface area contributed by atoms with Crippen LogP contribution in [-0.2, 0) is 4.79 Å². The van der Waals surface area contributed by atoms with Crippen LogP contribution >= 0.6 is 0 Å². The van der Waals surface area contributed by atoms with E-state index in [1.165, 1.54) is 7.11 Å². The van der Waals surface area contributed by atoms with E-state index < -0.39 is 0 Å². The molecule has 0 aliphatic heterocycles. The Bertz CT molecular complexity index is 1300. The number of Topliss-reactive ketones (excluding diaryl/α,β-unsaturated/α-hetero) is 1. The van der Waals surface area contributed by atoms with Crippen LogP contribution in [0.4, 0.5) is 5.69 Å². The highest BCUT2D eigenvalue weighted by molar-refractivity contribution is 6.02. The fourth-order valence-electron chi connectivity index (χ4n) is 3.59. The fraction of sp³-hybridized carbons (Fsp3) is 0.200. The Labute approximate surface area is 186 Å². The minimum atomic E-state index is -0.251. The number of nitrogens with zero attached hydrogens (tertiary/aromatic N) is 3. The lowest BCUT2D eigenvalue weighted by atomic mass is 10.0. The molecule has 7 nitrogen and oxygen atoms in total. The zero-order valence-corrected chi connectivity index (χ0v) is 18.3. The van der Waals surface area contributed by atoms with Gasteiger partial charge in [-0.2, -0.15) is 5.10 Å². The predicted molar refractivity (Wildman–Crippen MR) is 124 cm³/mol. The first-order chi connectivity index (χ1) is 15.5. The van der Waals surface area contributed by atoms with Crippen molar-refractivity contribution in [1.82, 2.24) is 14.8 Å². The van der Waals surface area contributed by atoms with Gasteiger partial charge in [-0.15, -0.1) is 0 Å². The maximum atomic E-state index is 12.6. The number of carbonyl (C=O) groups excluding carboxylic acids is 2. The molecule has 2 heterocycles. The van der Waals surface area contributed by atoms with E-state index in [1.54, 1.807) is 23.0 Å². The normalized spacial score (nSPS) is 10.8. The number of benzene rings is 2. The number of hydrogen-bond donors (Lipinski definition) is 1. The Hall–Kier alpha value is -4.00. The van der Waals surface area contributed by atoms with Crippen LogP contribution in [0.1, 0.15) is 34.5 Å². The minimum absolute atomic E-state index is 0.0657. The molecular weight excluding hydrogens is 404 g/mol. The number of pyridine rings is 1. The maximum Gasteiger partial charge on any atom is 0.224 e. The molecule has 0 unspecified atom stereocenters. The number of ketones is 1. The fourth-order valence-corrected chi connectivity index (χ4v) is 3.59. The number of para-hydroxylation sites is 1. The van der Waals surface area contributed by atoms with Gasteiger partial charge in [-0.25, -0.2) is 9.67 Å². The van der Waals surface area contributed by atoms with E-state index in [1.807, 2.05) is 56.3 Å². The van der Waals surface area contributed by atoms with Gasteiger partial charge >= 0.3 is 0 Å². The second-order valence-electron chi connectivity index (χ2n) is 7.60. The van der Waals surface area contributed by atoms with Gasteiger partial charge in [0, 0.05) is 18.2 Å². The number of aromatic nitrogens is 3. The van der Waals surface area contributed by atoms with Crippen molar-refractivity contribution in [2.45, 2.75) is 26.7 Å². The molecule has 2 aromatic carbocycles. The molecular formula is C25H24N4O3. The standard InChI is InChI=1S/C25H24N4O3/c1-16-9-11-23(32-3)21(13-16)22(30)10-12-24(31)27-18-14-20-17(2)28-29(25(20)26-15-18)19-7-5-4-6-8-19/h4-9,11,13-15H,10,12H2,1-3H3,(H,27,31). The van der Waals surface area contributed by atoms with E-state index in [0.717, 1.165) is 22.3 Å². The second-order valence-corrected chi connectivity index (χ2v) is 7.60. The Balaban J connectivity index is 1.46. The van der Waals surface area contributed by atoms with Crippen LogP contribution in [0, 0.1) is 13.8 Å². The molecule has 0 atom stereocenters. The molecule has 4 rings (SSSR count). The molecule has 162 valence electrons. The highest BCUT2D eigenvalue weighted by atomic mass is 16.5. The molecule has 7 heteroatoms. The molecule has 0 spiro atoms. The Morgan fingerprint density at radius 2 is 1.81 bits per heavy atom. The first kappa shape index (κ1) is 21.2. The van der Waals surface area contributed by atoms with Gasteiger partial charge < -0.3 is 10.1 Å². The minimum Gasteiger partial charge on any atom is -0.496 e. The molecule has 0 fully saturated rings. The van der Waals surface area contributed by atoms with E-state index >= 15 is 0 Å². The van der Waals surface area contributed by atoms with Crippen molar-refractivity contribution in [2.75, 3.05) is 12.4 Å². The Kier molecular flexibility index (Phi) is 5.98. The summed E-state index contributed by atoms with van der Waals surface area (Å²) in [5.74, 6) is 0.134. The van der Waals surface area contributed by atoms with Crippen LogP contribution < -0.4 is 10.1 Å². The van der Waals surface area contributed by atoms with Gasteiger partial charge in [0.1, 0.15) is 5.75 Å². The first-order valence-electron chi connectivity index (χ1n) is 10.3. The van der Waals surface area contributed by atoms with Crippen molar-refractivity contribution < 1.29 is 14.3 Å². The van der Waals surface area contributed by atoms with Crippen molar-refractivity contribution >= 4 is 28.4 Å². The topological polar surface area (TPSA) is 86.1 Å². The van der Waals surface area contributed by atoms with Gasteiger partial charge in [-0.3, -0.25) is 9.59 Å². The van der Waals surface area contributed by atoms with Crippen LogP contribution in [0.2, 0.25) is 0 Å². The third-order valence-electron chi connectivity index (χ3n) is 5.23. The third kappa shape index (κ3) is 4.37. The number of aryl methyl sites for hydroxylation is 2. The van der Waals surface area contributed by atoms with Gasteiger partial charge in [0.05, 0.1) is 35.9 Å². The van der Waals surface area contributed by atoms with E-state index in [2.05, 4.69) is 15.4 Å². The quantitative estimate of drug-likeness (QED) is 0.433. The van der Waals surface area contributed by atoms with Gasteiger partial charge in [0.25, 0.3) is 0 Å². The van der Waals surface area contributed by atoms with Gasteiger partial charge in [-0.05, 0) is 44.2 Å². The molecule has 0 saturated heterocycles. The van der Waals surface area contributed by atoms with Crippen molar-refractivity contribution in [2.24, 2.45) is 0 Å². The zero-order chi connectivity index (χ0) is 22.7. The van der Waals surface area contributed by atoms with Crippen LogP contribution in [-0.4, -0.2) is 33.6 Å². The van der Waals surface area contributed by atoms with Crippen molar-refractivity contribution in [1.29, 1.82) is 0 Å². The summed E-state index contributed by atoms with van der Waals surface area (Å²) in [6.45, 7) is 3.82. The first-order valence-corrected chi connectivity index (χ1v) is 10.3. The summed E-state index contributed by atoms with van der Waals surface area (Å²) >= 11 is 0. The van der Waals surface area contributed by atoms with E-state index in [0.29, 0.717) is 22.6 Å². The van der Waals surface area contributed by atoms with E-state index in [-0.39, 0.29) is 24.5 Å². The number of anilines is 1. The molecule has 0 bridgehead atoms. The lowest BCUT2D eigenvalue weighted by molar-refractivity contribution is -0.116. The van der Waals surface area contributed by atoms with E-state index in [9.17, 15) is 9.59 Å². The highest BCUT2D eigenvalue weighted by Gasteiger charge is 2.16. The zero-order valence-electron chi connectivity index (χ0n) is 18.3. The maximum absolute atomic E-state index is 12.6. The van der Waals surface area contributed by atoms with Crippen LogP contribution in [0.5, 0.6) is 5.75 Å². The average Bonchev–Trinajstić information content (AvgIpc) is 3.14. The number of ether oxygens (including phenoxy) is 1. The second kappa shape index (κ2) is 9.01. The van der Waals surface area contributed by atoms with Crippen molar-refractivity contribution in [3.8, 4) is 11.4 Å². The monoisotopic (exact) mass is 428 g/mol. The summed E-state index contributed by atoms with van der Waals surface area (Å²) in [6, 6.07) is 17.0. The summed E-state index contributed by atoms with van der Waals surface area (Å²) < 4.78 is 7.05. The number of rotatable bonds is 7. The smallest absolute Gasteiger partial charge is 0.224 e. The molecule has 2 aromatic heterocycles. The lowest BCUT2D eigenvalue weighted by Crippen LogP contribution is -2.14. The molecule has 0 saturated carbocycles. The number of carbonyl (C=O) groups is 2. The molecule has 32 heavy (non-hydrogen) atoms. The third-order valence-corrected chi connectivity index (χ3v) is 5.23. The largest absolute Gasteiger partial charge is 0.496 e. The van der Waals surface area contributed by atoms with Crippen molar-refractivity contribution in [3.63, 3.8) is 0 Å². The molecule has 1 amide bonds. The van der Waals surface area contributed by atoms with Gasteiger partial charge in [0.2, 0.25) is 5.91 Å². The molecule has 0 radical (unpaired) electrons. The van der Waals surface area contributed by atoms with Crippen LogP contribution in [0.15, 0.2) is 60.8 Å². The summed E-state index contributed by atoms with van der Waals surface area (Å²) in [7, 11) is 1.53. The van der Waals surface area contributed by atoms with Gasteiger partial charge in [-0.1, -0.05) is 29.8 Å². The number of hydrogen-bond acceptors (Lipinski definition) is 5. The summed E-state index contributed by atoms with van der Waals surface area (Å²) in [6.07, 6.45) is 1.76. The molecule has 0 aliphatic rings. The molecule has 1 N–H and O–H groups in total. The number of methoxy groups -OCH3 is 1. The number of fused-ring (bicyclic) bond motifs is 1. The lowest BCUT2D eigenvalue weighted by Gasteiger charge is -2.09. The van der Waals surface area contributed by atoms with Crippen LogP contribution in [0.25, 0.3) is 16.7 Å². The predicted octanol–water partition coefficient (Wildman–Crippen LogP) is 4.65. The Morgan fingerprint density at radius 3 is 2.56 bits per heavy atom. The van der Waals surface area contributed by atoms with Gasteiger partial charge in [0.15, 0.2) is 11.4 Å². The molecule has 4 aromatic rings. The number of nitrogens with one attached hydrogen (secondary N) is 1. The van der Waals surface area contributed by atoms with Crippen molar-refractivity contribution in [3.05, 3.63) is 77.6 Å².